The number of hydrogen-bond acceptors (Lipinski definition) is 10. The van der Waals surface area contributed by atoms with E-state index in [0.717, 1.165) is 103 Å². The van der Waals surface area contributed by atoms with Gasteiger partial charge in [-0.3, -0.25) is 23.4 Å². The highest BCUT2D eigenvalue weighted by molar-refractivity contribution is 7.47. The van der Waals surface area contributed by atoms with Gasteiger partial charge in [-0.05, 0) is 57.8 Å². The van der Waals surface area contributed by atoms with E-state index < -0.39 is 57.8 Å². The maximum atomic E-state index is 12.9. The van der Waals surface area contributed by atoms with Gasteiger partial charge >= 0.3 is 25.7 Å². The highest BCUT2D eigenvalue weighted by Gasteiger charge is 2.28. The predicted molar refractivity (Wildman–Crippen MR) is 316 cm³/mol. The van der Waals surface area contributed by atoms with E-state index in [1.165, 1.54) is 141 Å². The first-order valence-corrected chi connectivity index (χ1v) is 33.0. The molecule has 0 aliphatic heterocycles. The Bertz CT molecular complexity index is 1460. The summed E-state index contributed by atoms with van der Waals surface area (Å²) in [7, 11) is -4.75. The molecule has 0 aliphatic rings. The molecule has 0 radical (unpaired) electrons. The molecule has 3 unspecified atom stereocenters. The summed E-state index contributed by atoms with van der Waals surface area (Å²) in [6.45, 7) is 4.58. The van der Waals surface area contributed by atoms with Crippen molar-refractivity contribution in [3.8, 4) is 0 Å². The molecule has 2 N–H and O–H groups in total. The Hall–Kier alpha value is -2.56. The van der Waals surface area contributed by atoms with Gasteiger partial charge in [-0.15, -0.1) is 0 Å². The number of phosphoric acid groups is 1. The Morgan fingerprint density at radius 1 is 0.382 bits per heavy atom. The number of allylic oxidation sites excluding steroid dienone is 8. The number of hydrogen-bond donors (Lipinski definition) is 2. The summed E-state index contributed by atoms with van der Waals surface area (Å²) < 4.78 is 39.6. The topological polar surface area (TPSA) is 155 Å². The van der Waals surface area contributed by atoms with Gasteiger partial charge in [-0.25, -0.2) is 4.57 Å². The lowest BCUT2D eigenvalue weighted by Crippen LogP contribution is -2.30. The molecular formula is C64H117O11P. The Balaban J connectivity index is 4.66. The van der Waals surface area contributed by atoms with Crippen molar-refractivity contribution in [2.45, 2.75) is 315 Å². The smallest absolute Gasteiger partial charge is 0.462 e. The van der Waals surface area contributed by atoms with Gasteiger partial charge in [0, 0.05) is 19.3 Å². The first-order valence-electron chi connectivity index (χ1n) is 31.5. The first-order chi connectivity index (χ1) is 37.2. The number of unbranched alkanes of at least 4 members (excludes halogenated alkanes) is 34. The fraction of sp³-hybridized carbons (Fsp3) is 0.828. The number of esters is 3. The van der Waals surface area contributed by atoms with Crippen LogP contribution in [-0.4, -0.2) is 66.5 Å². The van der Waals surface area contributed by atoms with Crippen molar-refractivity contribution < 1.29 is 52.2 Å². The van der Waals surface area contributed by atoms with E-state index in [9.17, 15) is 28.9 Å². The van der Waals surface area contributed by atoms with Crippen LogP contribution in [0, 0.1) is 0 Å². The van der Waals surface area contributed by atoms with Crippen LogP contribution in [0.3, 0.4) is 0 Å². The molecule has 444 valence electrons. The van der Waals surface area contributed by atoms with Crippen LogP contribution in [0.15, 0.2) is 48.6 Å². The number of aliphatic hydroxyl groups is 1. The molecule has 0 saturated carbocycles. The lowest BCUT2D eigenvalue weighted by molar-refractivity contribution is -0.161. The lowest BCUT2D eigenvalue weighted by Gasteiger charge is -2.21. The Morgan fingerprint density at radius 3 is 1.05 bits per heavy atom. The summed E-state index contributed by atoms with van der Waals surface area (Å²) in [6.07, 6.45) is 63.4. The minimum absolute atomic E-state index is 0.154. The van der Waals surface area contributed by atoms with Crippen LogP contribution in [0.4, 0.5) is 0 Å². The van der Waals surface area contributed by atoms with Gasteiger partial charge in [0.2, 0.25) is 0 Å². The highest BCUT2D eigenvalue weighted by atomic mass is 31.2. The summed E-state index contributed by atoms with van der Waals surface area (Å²) in [5, 5.41) is 9.85. The maximum absolute atomic E-state index is 12.9. The molecule has 0 saturated heterocycles. The number of carbonyl (C=O) groups excluding carboxylic acids is 3. The van der Waals surface area contributed by atoms with E-state index >= 15 is 0 Å². The van der Waals surface area contributed by atoms with Gasteiger partial charge in [-0.2, -0.15) is 0 Å². The monoisotopic (exact) mass is 1090 g/mol. The minimum atomic E-state index is -4.75. The molecule has 0 aliphatic carbocycles. The lowest BCUT2D eigenvalue weighted by atomic mass is 10.0. The molecule has 0 aromatic heterocycles. The summed E-state index contributed by atoms with van der Waals surface area (Å²) in [6, 6.07) is 0. The molecule has 12 heteroatoms. The van der Waals surface area contributed by atoms with Crippen molar-refractivity contribution in [2.75, 3.05) is 26.4 Å². The zero-order valence-corrected chi connectivity index (χ0v) is 50.1. The van der Waals surface area contributed by atoms with Crippen molar-refractivity contribution in [1.29, 1.82) is 0 Å². The van der Waals surface area contributed by atoms with Gasteiger partial charge in [0.25, 0.3) is 0 Å². The van der Waals surface area contributed by atoms with Crippen molar-refractivity contribution in [1.82, 2.24) is 0 Å². The van der Waals surface area contributed by atoms with Crippen LogP contribution in [-0.2, 0) is 42.2 Å². The second kappa shape index (κ2) is 58.6. The molecule has 76 heavy (non-hydrogen) atoms. The molecule has 0 aromatic rings. The normalized spacial score (nSPS) is 13.6. The standard InChI is InChI=1S/C64H117O11P/c1-4-7-10-13-16-19-22-25-27-29-30-32-34-37-40-43-46-49-52-55-64(68)75-61(57-71-62(66)53-50-47-44-41-38-35-24-21-18-15-12-9-6-3)59-73-76(69,70)72-58-60(56-65)74-63(67)54-51-48-45-42-39-36-33-31-28-26-23-20-17-14-11-8-5-2/h7,10,16,19,25,27,30,32,60-61,65H,4-6,8-9,11-15,17-18,20-24,26,28-29,31,33-59H2,1-3H3,(H,69,70)/b10-7-,19-16-,27-25-,32-30-. The third-order valence-electron chi connectivity index (χ3n) is 13.8. The van der Waals surface area contributed by atoms with Gasteiger partial charge in [0.05, 0.1) is 19.8 Å². The van der Waals surface area contributed by atoms with Crippen LogP contribution in [0.5, 0.6) is 0 Å². The fourth-order valence-electron chi connectivity index (χ4n) is 9.00. The quantitative estimate of drug-likeness (QED) is 0.0197. The average molecular weight is 1090 g/mol. The van der Waals surface area contributed by atoms with Crippen LogP contribution < -0.4 is 0 Å². The molecule has 0 heterocycles. The Morgan fingerprint density at radius 2 is 0.684 bits per heavy atom. The molecular weight excluding hydrogens is 976 g/mol. The van der Waals surface area contributed by atoms with Crippen LogP contribution in [0.1, 0.15) is 303 Å². The van der Waals surface area contributed by atoms with E-state index in [1.54, 1.807) is 0 Å². The predicted octanol–water partition coefficient (Wildman–Crippen LogP) is 18.9. The number of aliphatic hydroxyl groups excluding tert-OH is 1. The van der Waals surface area contributed by atoms with E-state index in [4.69, 9.17) is 23.3 Å². The summed E-state index contributed by atoms with van der Waals surface area (Å²) in [5.74, 6) is -1.46. The van der Waals surface area contributed by atoms with Crippen molar-refractivity contribution in [2.24, 2.45) is 0 Å². The van der Waals surface area contributed by atoms with E-state index in [2.05, 4.69) is 69.4 Å². The van der Waals surface area contributed by atoms with Gasteiger partial charge in [0.1, 0.15) is 12.7 Å². The third-order valence-corrected chi connectivity index (χ3v) is 14.7. The molecule has 0 fully saturated rings. The van der Waals surface area contributed by atoms with E-state index in [1.807, 2.05) is 0 Å². The highest BCUT2D eigenvalue weighted by Crippen LogP contribution is 2.43. The summed E-state index contributed by atoms with van der Waals surface area (Å²) in [5.41, 5.74) is 0. The van der Waals surface area contributed by atoms with Crippen molar-refractivity contribution >= 4 is 25.7 Å². The van der Waals surface area contributed by atoms with Crippen LogP contribution in [0.25, 0.3) is 0 Å². The van der Waals surface area contributed by atoms with Crippen LogP contribution >= 0.6 is 7.82 Å². The first kappa shape index (κ1) is 73.4. The second-order valence-corrected chi connectivity index (χ2v) is 22.7. The third kappa shape index (κ3) is 56.2. The largest absolute Gasteiger partial charge is 0.472 e. The summed E-state index contributed by atoms with van der Waals surface area (Å²) in [4.78, 5) is 48.7. The molecule has 0 bridgehead atoms. The number of rotatable bonds is 59. The number of carbonyl (C=O) groups is 3. The van der Waals surface area contributed by atoms with Gasteiger partial charge < -0.3 is 24.2 Å². The molecule has 0 spiro atoms. The minimum Gasteiger partial charge on any atom is -0.462 e. The van der Waals surface area contributed by atoms with Gasteiger partial charge in [0.15, 0.2) is 6.10 Å². The van der Waals surface area contributed by atoms with Crippen molar-refractivity contribution in [3.05, 3.63) is 48.6 Å². The zero-order chi connectivity index (χ0) is 55.5. The van der Waals surface area contributed by atoms with Crippen molar-refractivity contribution in [3.63, 3.8) is 0 Å². The SMILES string of the molecule is CC/C=C\C/C=C\C/C=C\C/C=C\CCCCCCCCC(=O)OC(COC(=O)CCCCCCCCCCCCCCC)COP(=O)(O)OCC(CO)OC(=O)CCCCCCCCCCCCCCCCCCC. The van der Waals surface area contributed by atoms with E-state index in [0.29, 0.717) is 19.3 Å². The fourth-order valence-corrected chi connectivity index (χ4v) is 9.78. The maximum Gasteiger partial charge on any atom is 0.472 e. The van der Waals surface area contributed by atoms with E-state index in [-0.39, 0.29) is 25.9 Å². The molecule has 0 aromatic carbocycles. The number of ether oxygens (including phenoxy) is 3. The molecule has 0 rings (SSSR count). The summed E-state index contributed by atoms with van der Waals surface area (Å²) >= 11 is 0. The molecule has 0 amide bonds. The zero-order valence-electron chi connectivity index (χ0n) is 49.2. The number of phosphoric ester groups is 1. The Labute approximate surface area is 466 Å². The van der Waals surface area contributed by atoms with Crippen LogP contribution in [0.2, 0.25) is 0 Å². The molecule has 11 nitrogen and oxygen atoms in total. The Kier molecular flexibility index (Phi) is 56.6. The molecule has 3 atom stereocenters. The average Bonchev–Trinajstić information content (AvgIpc) is 3.41. The van der Waals surface area contributed by atoms with Gasteiger partial charge in [-0.1, -0.05) is 275 Å². The second-order valence-electron chi connectivity index (χ2n) is 21.2.